The molecule has 1 heteroatoms. The average molecular weight is 274 g/mol. The molecule has 0 aliphatic heterocycles. The fourth-order valence-corrected chi connectivity index (χ4v) is 2.70. The van der Waals surface area contributed by atoms with E-state index in [-0.39, 0.29) is 5.92 Å². The lowest BCUT2D eigenvalue weighted by molar-refractivity contribution is -0.112. The van der Waals surface area contributed by atoms with Crippen molar-refractivity contribution in [1.29, 1.82) is 0 Å². The normalized spacial score (nSPS) is 23.2. The van der Waals surface area contributed by atoms with Gasteiger partial charge in [-0.25, -0.2) is 0 Å². The van der Waals surface area contributed by atoms with Gasteiger partial charge in [0.2, 0.25) is 0 Å². The van der Waals surface area contributed by atoms with E-state index in [0.29, 0.717) is 5.92 Å². The van der Waals surface area contributed by atoms with E-state index in [1.54, 1.807) is 0 Å². The van der Waals surface area contributed by atoms with E-state index in [0.717, 1.165) is 44.8 Å². The van der Waals surface area contributed by atoms with Gasteiger partial charge >= 0.3 is 0 Å². The summed E-state index contributed by atoms with van der Waals surface area (Å²) in [5, 5.41) is 0. The molecule has 0 fully saturated rings. The third-order valence-electron chi connectivity index (χ3n) is 4.23. The first-order valence-electron chi connectivity index (χ1n) is 7.95. The number of carbonyl (C=O) groups excluding carboxylic acids is 1. The van der Waals surface area contributed by atoms with E-state index in [1.807, 2.05) is 0 Å². The molecule has 2 unspecified atom stereocenters. The second-order valence-electron chi connectivity index (χ2n) is 6.49. The minimum absolute atomic E-state index is 0.248. The molecule has 1 aliphatic rings. The maximum atomic E-state index is 11.0. The van der Waals surface area contributed by atoms with Gasteiger partial charge < -0.3 is 4.79 Å². The van der Waals surface area contributed by atoms with Crippen molar-refractivity contribution in [3.05, 3.63) is 34.9 Å². The highest BCUT2D eigenvalue weighted by molar-refractivity contribution is 5.55. The molecule has 20 heavy (non-hydrogen) atoms. The zero-order valence-electron chi connectivity index (χ0n) is 13.6. The molecule has 0 bridgehead atoms. The molecule has 0 N–H and O–H groups in total. The monoisotopic (exact) mass is 274 g/mol. The summed E-state index contributed by atoms with van der Waals surface area (Å²) in [4.78, 5) is 11.0. The molecule has 1 nitrogen and oxygen atoms in total. The Kier molecular flexibility index (Phi) is 7.58. The SMILES string of the molecule is CC(C)=CCCC(C)=CCCC1=CCC(C)C(C=O)C1. The van der Waals surface area contributed by atoms with Crippen molar-refractivity contribution in [3.63, 3.8) is 0 Å². The van der Waals surface area contributed by atoms with Crippen molar-refractivity contribution >= 4 is 6.29 Å². The van der Waals surface area contributed by atoms with Crippen LogP contribution in [-0.4, -0.2) is 6.29 Å². The predicted molar refractivity (Wildman–Crippen MR) is 87.7 cm³/mol. The van der Waals surface area contributed by atoms with E-state index < -0.39 is 0 Å². The number of carbonyl (C=O) groups is 1. The average Bonchev–Trinajstić information content (AvgIpc) is 2.40. The summed E-state index contributed by atoms with van der Waals surface area (Å²) in [7, 11) is 0. The Morgan fingerprint density at radius 1 is 1.25 bits per heavy atom. The van der Waals surface area contributed by atoms with Crippen LogP contribution in [0.5, 0.6) is 0 Å². The van der Waals surface area contributed by atoms with Gasteiger partial charge in [-0.1, -0.05) is 41.9 Å². The molecule has 0 saturated heterocycles. The van der Waals surface area contributed by atoms with Crippen LogP contribution >= 0.6 is 0 Å². The van der Waals surface area contributed by atoms with E-state index in [2.05, 4.69) is 45.9 Å². The van der Waals surface area contributed by atoms with Gasteiger partial charge in [0.05, 0.1) is 0 Å². The molecular formula is C19H30O. The largest absolute Gasteiger partial charge is 0.303 e. The van der Waals surface area contributed by atoms with Crippen LogP contribution in [0.4, 0.5) is 0 Å². The summed E-state index contributed by atoms with van der Waals surface area (Å²) in [6.45, 7) is 8.71. The number of aldehydes is 1. The van der Waals surface area contributed by atoms with Crippen molar-refractivity contribution in [2.45, 2.75) is 66.2 Å². The Balaban J connectivity index is 2.33. The minimum atomic E-state index is 0.248. The Hall–Kier alpha value is -1.11. The van der Waals surface area contributed by atoms with Crippen LogP contribution < -0.4 is 0 Å². The molecule has 1 rings (SSSR count). The van der Waals surface area contributed by atoms with Crippen molar-refractivity contribution < 1.29 is 4.79 Å². The molecule has 0 radical (unpaired) electrons. The maximum Gasteiger partial charge on any atom is 0.123 e. The molecule has 2 atom stereocenters. The first-order chi connectivity index (χ1) is 9.52. The molecule has 0 aromatic carbocycles. The van der Waals surface area contributed by atoms with Gasteiger partial charge in [-0.3, -0.25) is 0 Å². The molecular weight excluding hydrogens is 244 g/mol. The number of hydrogen-bond acceptors (Lipinski definition) is 1. The predicted octanol–water partition coefficient (Wildman–Crippen LogP) is 5.63. The van der Waals surface area contributed by atoms with Gasteiger partial charge in [0, 0.05) is 5.92 Å². The Morgan fingerprint density at radius 3 is 2.65 bits per heavy atom. The summed E-state index contributed by atoms with van der Waals surface area (Å²) >= 11 is 0. The first-order valence-corrected chi connectivity index (χ1v) is 7.95. The van der Waals surface area contributed by atoms with E-state index in [4.69, 9.17) is 0 Å². The molecule has 112 valence electrons. The third kappa shape index (κ3) is 6.36. The molecule has 0 spiro atoms. The van der Waals surface area contributed by atoms with Crippen LogP contribution in [0.2, 0.25) is 0 Å². The van der Waals surface area contributed by atoms with Crippen LogP contribution in [0, 0.1) is 11.8 Å². The first kappa shape index (κ1) is 16.9. The van der Waals surface area contributed by atoms with Crippen LogP contribution in [0.25, 0.3) is 0 Å². The molecule has 0 aromatic rings. The topological polar surface area (TPSA) is 17.1 Å². The molecule has 1 aliphatic carbocycles. The van der Waals surface area contributed by atoms with Crippen LogP contribution in [0.15, 0.2) is 34.9 Å². The van der Waals surface area contributed by atoms with Crippen molar-refractivity contribution in [1.82, 2.24) is 0 Å². The quantitative estimate of drug-likeness (QED) is 0.434. The van der Waals surface area contributed by atoms with Gasteiger partial charge in [0.1, 0.15) is 6.29 Å². The van der Waals surface area contributed by atoms with E-state index in [9.17, 15) is 4.79 Å². The zero-order chi connectivity index (χ0) is 15.0. The Bertz CT molecular complexity index is 394. The zero-order valence-corrected chi connectivity index (χ0v) is 13.6. The summed E-state index contributed by atoms with van der Waals surface area (Å²) in [5.74, 6) is 0.773. The van der Waals surface area contributed by atoms with Crippen LogP contribution in [0.3, 0.4) is 0 Å². The number of allylic oxidation sites excluding steroid dienone is 6. The third-order valence-corrected chi connectivity index (χ3v) is 4.23. The second-order valence-corrected chi connectivity index (χ2v) is 6.49. The Labute approximate surface area is 124 Å². The Morgan fingerprint density at radius 2 is 2.00 bits per heavy atom. The smallest absolute Gasteiger partial charge is 0.123 e. The standard InChI is InChI=1S/C19H30O/c1-15(2)7-5-8-16(3)9-6-10-18-12-11-17(4)19(13-18)14-20/h7,9,12,14,17,19H,5-6,8,10-11,13H2,1-4H3. The minimum Gasteiger partial charge on any atom is -0.303 e. The molecule has 0 heterocycles. The highest BCUT2D eigenvalue weighted by Gasteiger charge is 2.21. The lowest BCUT2D eigenvalue weighted by Crippen LogP contribution is -2.17. The van der Waals surface area contributed by atoms with Crippen molar-refractivity contribution in [2.75, 3.05) is 0 Å². The van der Waals surface area contributed by atoms with Crippen LogP contribution in [0.1, 0.15) is 66.2 Å². The lowest BCUT2D eigenvalue weighted by atomic mass is 9.80. The summed E-state index contributed by atoms with van der Waals surface area (Å²) in [6, 6.07) is 0. The summed E-state index contributed by atoms with van der Waals surface area (Å²) in [6.07, 6.45) is 14.8. The number of hydrogen-bond donors (Lipinski definition) is 0. The lowest BCUT2D eigenvalue weighted by Gasteiger charge is -2.24. The number of rotatable bonds is 7. The van der Waals surface area contributed by atoms with Crippen molar-refractivity contribution in [3.8, 4) is 0 Å². The fourth-order valence-electron chi connectivity index (χ4n) is 2.70. The van der Waals surface area contributed by atoms with E-state index in [1.165, 1.54) is 16.7 Å². The fraction of sp³-hybridized carbons (Fsp3) is 0.632. The molecule has 0 saturated carbocycles. The summed E-state index contributed by atoms with van der Waals surface area (Å²) < 4.78 is 0. The highest BCUT2D eigenvalue weighted by atomic mass is 16.1. The van der Waals surface area contributed by atoms with Gasteiger partial charge in [-0.15, -0.1) is 0 Å². The van der Waals surface area contributed by atoms with Crippen LogP contribution in [-0.2, 0) is 4.79 Å². The van der Waals surface area contributed by atoms with Gasteiger partial charge in [0.15, 0.2) is 0 Å². The van der Waals surface area contributed by atoms with Gasteiger partial charge in [0.25, 0.3) is 0 Å². The maximum absolute atomic E-state index is 11.0. The highest BCUT2D eigenvalue weighted by Crippen LogP contribution is 2.30. The van der Waals surface area contributed by atoms with E-state index >= 15 is 0 Å². The van der Waals surface area contributed by atoms with Gasteiger partial charge in [-0.2, -0.15) is 0 Å². The second kappa shape index (κ2) is 8.94. The van der Waals surface area contributed by atoms with Crippen molar-refractivity contribution in [2.24, 2.45) is 11.8 Å². The summed E-state index contributed by atoms with van der Waals surface area (Å²) in [5.41, 5.74) is 4.37. The molecule has 0 aromatic heterocycles. The molecule has 0 amide bonds. The van der Waals surface area contributed by atoms with Gasteiger partial charge in [-0.05, 0) is 65.2 Å².